The van der Waals surface area contributed by atoms with E-state index in [9.17, 15) is 5.11 Å². The molecule has 0 aliphatic heterocycles. The lowest BCUT2D eigenvalue weighted by atomic mass is 10.2. The molecule has 3 nitrogen and oxygen atoms in total. The van der Waals surface area contributed by atoms with Gasteiger partial charge >= 0.3 is 0 Å². The Kier molecular flexibility index (Phi) is 13.8. The van der Waals surface area contributed by atoms with Crippen LogP contribution in [-0.2, 0) is 9.84 Å². The average molecular weight is 244 g/mol. The second kappa shape index (κ2) is 13.9. The minimum atomic E-state index is 0.0708. The molecular weight excluding hydrogens is 214 g/mol. The van der Waals surface area contributed by atoms with Crippen LogP contribution >= 0.6 is 0 Å². The molecule has 0 fully saturated rings. The summed E-state index contributed by atoms with van der Waals surface area (Å²) in [5.41, 5.74) is 0. The molecule has 0 aromatic rings. The first-order chi connectivity index (χ1) is 8.31. The predicted molar refractivity (Wildman–Crippen MR) is 71.6 cm³/mol. The first-order valence-corrected chi connectivity index (χ1v) is 7.15. The Bertz CT molecular complexity index is 142. The molecule has 0 aromatic heterocycles. The highest BCUT2D eigenvalue weighted by molar-refractivity contribution is 4.48. The molecule has 0 saturated heterocycles. The molecule has 0 aliphatic carbocycles. The quantitative estimate of drug-likeness (QED) is 0.367. The van der Waals surface area contributed by atoms with Crippen molar-refractivity contribution < 1.29 is 9.84 Å². The summed E-state index contributed by atoms with van der Waals surface area (Å²) in [4.78, 5) is 2.24. The zero-order valence-electron chi connectivity index (χ0n) is 11.7. The van der Waals surface area contributed by atoms with Crippen LogP contribution in [0.1, 0.15) is 58.3 Å². The van der Waals surface area contributed by atoms with Gasteiger partial charge in [0.05, 0.1) is 13.3 Å². The van der Waals surface area contributed by atoms with Gasteiger partial charge in [0.15, 0.2) is 0 Å². The van der Waals surface area contributed by atoms with Crippen molar-refractivity contribution in [3.05, 3.63) is 0 Å². The summed E-state index contributed by atoms with van der Waals surface area (Å²) >= 11 is 0. The first kappa shape index (κ1) is 16.9. The maximum absolute atomic E-state index is 10.2. The van der Waals surface area contributed by atoms with Gasteiger partial charge in [0.1, 0.15) is 0 Å². The monoisotopic (exact) mass is 244 g/mol. The average Bonchev–Trinajstić information content (AvgIpc) is 2.33. The minimum absolute atomic E-state index is 0.0708. The molecule has 3 heteroatoms. The Morgan fingerprint density at radius 1 is 0.941 bits per heavy atom. The first-order valence-electron chi connectivity index (χ1n) is 7.15. The van der Waals surface area contributed by atoms with E-state index in [0.717, 1.165) is 45.6 Å². The largest absolute Gasteiger partial charge is 0.366 e. The predicted octanol–water partition coefficient (Wildman–Crippen LogP) is 3.46. The maximum atomic E-state index is 10.2. The SMILES string of the molecule is CCCCCCN(C)COCCCCCC[O]. The molecule has 103 valence electrons. The molecular formula is C14H30NO2. The lowest BCUT2D eigenvalue weighted by Gasteiger charge is -2.16. The number of hydrogen-bond donors (Lipinski definition) is 0. The van der Waals surface area contributed by atoms with Crippen molar-refractivity contribution in [2.75, 3.05) is 33.5 Å². The Morgan fingerprint density at radius 2 is 1.65 bits per heavy atom. The van der Waals surface area contributed by atoms with E-state index >= 15 is 0 Å². The summed E-state index contributed by atoms with van der Waals surface area (Å²) in [7, 11) is 2.11. The van der Waals surface area contributed by atoms with E-state index in [1.165, 1.54) is 25.7 Å². The van der Waals surface area contributed by atoms with Gasteiger partial charge in [-0.3, -0.25) is 4.90 Å². The van der Waals surface area contributed by atoms with Crippen LogP contribution in [0.3, 0.4) is 0 Å². The number of ether oxygens (including phenoxy) is 1. The van der Waals surface area contributed by atoms with Crippen molar-refractivity contribution in [1.82, 2.24) is 4.90 Å². The van der Waals surface area contributed by atoms with Crippen LogP contribution in [0.25, 0.3) is 0 Å². The fourth-order valence-electron chi connectivity index (χ4n) is 1.75. The third-order valence-corrected chi connectivity index (χ3v) is 2.89. The van der Waals surface area contributed by atoms with E-state index in [1.807, 2.05) is 0 Å². The van der Waals surface area contributed by atoms with Crippen LogP contribution in [0.15, 0.2) is 0 Å². The Balaban J connectivity index is 3.08. The topological polar surface area (TPSA) is 32.4 Å². The number of unbranched alkanes of at least 4 members (excludes halogenated alkanes) is 6. The molecule has 0 N–H and O–H groups in total. The molecule has 0 unspecified atom stereocenters. The van der Waals surface area contributed by atoms with Gasteiger partial charge in [0.2, 0.25) is 0 Å². The lowest BCUT2D eigenvalue weighted by molar-refractivity contribution is 0.0398. The van der Waals surface area contributed by atoms with E-state index in [0.29, 0.717) is 0 Å². The van der Waals surface area contributed by atoms with E-state index in [4.69, 9.17) is 4.74 Å². The van der Waals surface area contributed by atoms with E-state index in [-0.39, 0.29) is 6.61 Å². The van der Waals surface area contributed by atoms with Gasteiger partial charge in [-0.2, -0.15) is 0 Å². The van der Waals surface area contributed by atoms with Crippen molar-refractivity contribution in [3.63, 3.8) is 0 Å². The Morgan fingerprint density at radius 3 is 2.35 bits per heavy atom. The highest BCUT2D eigenvalue weighted by Gasteiger charge is 1.98. The highest BCUT2D eigenvalue weighted by Crippen LogP contribution is 2.01. The van der Waals surface area contributed by atoms with Crippen molar-refractivity contribution >= 4 is 0 Å². The summed E-state index contributed by atoms with van der Waals surface area (Å²) < 4.78 is 5.58. The maximum Gasteiger partial charge on any atom is 0.0987 e. The number of hydrogen-bond acceptors (Lipinski definition) is 2. The second-order valence-electron chi connectivity index (χ2n) is 4.80. The standard InChI is InChI=1S/C14H30NO2/c1-3-4-5-8-11-15(2)14-17-13-10-7-6-9-12-16/h3-14H2,1-2H3. The second-order valence-corrected chi connectivity index (χ2v) is 4.80. The van der Waals surface area contributed by atoms with Gasteiger partial charge in [-0.1, -0.05) is 39.0 Å². The molecule has 0 rings (SSSR count). The molecule has 17 heavy (non-hydrogen) atoms. The lowest BCUT2D eigenvalue weighted by Crippen LogP contribution is -2.23. The highest BCUT2D eigenvalue weighted by atomic mass is 16.5. The third kappa shape index (κ3) is 13.8. The summed E-state index contributed by atoms with van der Waals surface area (Å²) in [5, 5.41) is 10.2. The molecule has 0 atom stereocenters. The molecule has 0 aliphatic rings. The van der Waals surface area contributed by atoms with Crippen LogP contribution in [-0.4, -0.2) is 38.4 Å². The normalized spacial score (nSPS) is 11.3. The summed E-state index contributed by atoms with van der Waals surface area (Å²) in [6.45, 7) is 5.02. The fraction of sp³-hybridized carbons (Fsp3) is 1.00. The van der Waals surface area contributed by atoms with Crippen LogP contribution in [0.2, 0.25) is 0 Å². The van der Waals surface area contributed by atoms with Gasteiger partial charge < -0.3 is 4.74 Å². The molecule has 0 amide bonds. The summed E-state index contributed by atoms with van der Waals surface area (Å²) in [5.74, 6) is 0. The molecule has 0 bridgehead atoms. The van der Waals surface area contributed by atoms with Crippen molar-refractivity contribution in [2.45, 2.75) is 58.3 Å². The zero-order valence-corrected chi connectivity index (χ0v) is 11.7. The molecule has 0 spiro atoms. The zero-order chi connectivity index (χ0) is 12.8. The smallest absolute Gasteiger partial charge is 0.0987 e. The van der Waals surface area contributed by atoms with E-state index in [1.54, 1.807) is 0 Å². The van der Waals surface area contributed by atoms with Crippen LogP contribution in [0, 0.1) is 0 Å². The van der Waals surface area contributed by atoms with Gasteiger partial charge in [0.25, 0.3) is 0 Å². The minimum Gasteiger partial charge on any atom is -0.366 e. The molecule has 1 radical (unpaired) electrons. The van der Waals surface area contributed by atoms with Gasteiger partial charge in [0, 0.05) is 6.61 Å². The summed E-state index contributed by atoms with van der Waals surface area (Å²) in [6.07, 6.45) is 9.33. The van der Waals surface area contributed by atoms with Gasteiger partial charge in [-0.25, -0.2) is 5.11 Å². The molecule has 0 aromatic carbocycles. The number of rotatable bonds is 13. The van der Waals surface area contributed by atoms with Crippen molar-refractivity contribution in [2.24, 2.45) is 0 Å². The van der Waals surface area contributed by atoms with E-state index < -0.39 is 0 Å². The van der Waals surface area contributed by atoms with Gasteiger partial charge in [-0.05, 0) is 32.9 Å². The van der Waals surface area contributed by atoms with Crippen molar-refractivity contribution in [3.8, 4) is 0 Å². The summed E-state index contributed by atoms with van der Waals surface area (Å²) in [6, 6.07) is 0. The third-order valence-electron chi connectivity index (χ3n) is 2.89. The Labute approximate surface area is 107 Å². The fourth-order valence-corrected chi connectivity index (χ4v) is 1.75. The Hall–Kier alpha value is -0.120. The van der Waals surface area contributed by atoms with Crippen LogP contribution in [0.4, 0.5) is 0 Å². The molecule has 0 heterocycles. The molecule has 0 saturated carbocycles. The van der Waals surface area contributed by atoms with E-state index in [2.05, 4.69) is 18.9 Å². The van der Waals surface area contributed by atoms with Crippen molar-refractivity contribution in [1.29, 1.82) is 0 Å². The van der Waals surface area contributed by atoms with Crippen LogP contribution in [0.5, 0.6) is 0 Å². The number of nitrogens with zero attached hydrogens (tertiary/aromatic N) is 1. The van der Waals surface area contributed by atoms with Gasteiger partial charge in [-0.15, -0.1) is 0 Å². The van der Waals surface area contributed by atoms with Crippen LogP contribution < -0.4 is 0 Å².